The van der Waals surface area contributed by atoms with Gasteiger partial charge < -0.3 is 9.73 Å². The van der Waals surface area contributed by atoms with Crippen LogP contribution in [0.5, 0.6) is 0 Å². The normalized spacial score (nSPS) is 10.5. The van der Waals surface area contributed by atoms with E-state index in [1.807, 2.05) is 55.5 Å². The van der Waals surface area contributed by atoms with Gasteiger partial charge in [0, 0.05) is 11.1 Å². The minimum Gasteiger partial charge on any atom is -0.463 e. The number of hydrazine groups is 1. The summed E-state index contributed by atoms with van der Waals surface area (Å²) >= 11 is 5.26. The summed E-state index contributed by atoms with van der Waals surface area (Å²) in [6.45, 7) is 2.01. The molecule has 4 aromatic rings. The fourth-order valence-corrected chi connectivity index (χ4v) is 3.06. The molecule has 3 N–H and O–H groups in total. The van der Waals surface area contributed by atoms with Crippen LogP contribution in [0.15, 0.2) is 77.4 Å². The quantitative estimate of drug-likeness (QED) is 0.347. The van der Waals surface area contributed by atoms with Gasteiger partial charge in [-0.25, -0.2) is 4.98 Å². The first-order valence-corrected chi connectivity index (χ1v) is 9.38. The average molecular weight is 402 g/mol. The van der Waals surface area contributed by atoms with Gasteiger partial charge in [-0.3, -0.25) is 15.6 Å². The number of thiocarbonyl (C=S) groups is 1. The summed E-state index contributed by atoms with van der Waals surface area (Å²) in [4.78, 5) is 17.4. The lowest BCUT2D eigenvalue weighted by atomic mass is 10.1. The van der Waals surface area contributed by atoms with Gasteiger partial charge in [-0.1, -0.05) is 35.9 Å². The van der Waals surface area contributed by atoms with Gasteiger partial charge >= 0.3 is 0 Å². The van der Waals surface area contributed by atoms with Crippen molar-refractivity contribution < 1.29 is 9.21 Å². The van der Waals surface area contributed by atoms with E-state index in [1.54, 1.807) is 24.5 Å². The molecule has 1 amide bonds. The van der Waals surface area contributed by atoms with Crippen molar-refractivity contribution in [3.05, 3.63) is 84.1 Å². The van der Waals surface area contributed by atoms with Crippen LogP contribution in [0, 0.1) is 6.92 Å². The van der Waals surface area contributed by atoms with E-state index in [1.165, 1.54) is 0 Å². The van der Waals surface area contributed by atoms with Crippen molar-refractivity contribution >= 4 is 39.8 Å². The number of hydrogen-bond donors (Lipinski definition) is 3. The molecule has 2 aromatic heterocycles. The van der Waals surface area contributed by atoms with Gasteiger partial charge in [0.1, 0.15) is 5.69 Å². The Balaban J connectivity index is 1.53. The minimum atomic E-state index is -0.329. The molecule has 0 spiro atoms. The number of rotatable bonds is 3. The summed E-state index contributed by atoms with van der Waals surface area (Å²) in [5.74, 6) is 0.263. The topological polar surface area (TPSA) is 79.2 Å². The molecule has 0 bridgehead atoms. The second-order valence-electron chi connectivity index (χ2n) is 6.45. The first-order chi connectivity index (χ1) is 14.1. The van der Waals surface area contributed by atoms with E-state index in [0.29, 0.717) is 22.5 Å². The monoisotopic (exact) mass is 402 g/mol. The van der Waals surface area contributed by atoms with Crippen LogP contribution in [0.4, 0.5) is 5.69 Å². The fourth-order valence-electron chi connectivity index (χ4n) is 2.89. The van der Waals surface area contributed by atoms with Crippen molar-refractivity contribution in [3.63, 3.8) is 0 Å². The minimum absolute atomic E-state index is 0.284. The number of pyridine rings is 1. The van der Waals surface area contributed by atoms with Crippen molar-refractivity contribution in [2.45, 2.75) is 6.92 Å². The molecule has 144 valence electrons. The van der Waals surface area contributed by atoms with Gasteiger partial charge in [0.25, 0.3) is 5.91 Å². The third kappa shape index (κ3) is 4.25. The van der Waals surface area contributed by atoms with Crippen molar-refractivity contribution in [3.8, 4) is 11.5 Å². The zero-order valence-electron chi connectivity index (χ0n) is 15.6. The molecule has 4 rings (SSSR count). The number of aryl methyl sites for hydroxylation is 1. The SMILES string of the molecule is Cc1ccc(NC(=S)NNC(=O)c2cc(-c3ccco3)nc3ccccc23)cc1. The Morgan fingerprint density at radius 1 is 1.00 bits per heavy atom. The molecule has 0 aliphatic heterocycles. The van der Waals surface area contributed by atoms with Gasteiger partial charge in [-0.15, -0.1) is 0 Å². The molecule has 2 aromatic carbocycles. The van der Waals surface area contributed by atoms with Gasteiger partial charge in [-0.2, -0.15) is 0 Å². The summed E-state index contributed by atoms with van der Waals surface area (Å²) in [7, 11) is 0. The van der Waals surface area contributed by atoms with Crippen LogP contribution in [0.25, 0.3) is 22.4 Å². The molecule has 6 nitrogen and oxygen atoms in total. The van der Waals surface area contributed by atoms with Crippen molar-refractivity contribution in [1.82, 2.24) is 15.8 Å². The number of aromatic nitrogens is 1. The highest BCUT2D eigenvalue weighted by Gasteiger charge is 2.15. The second kappa shape index (κ2) is 8.12. The van der Waals surface area contributed by atoms with E-state index in [2.05, 4.69) is 21.2 Å². The zero-order chi connectivity index (χ0) is 20.2. The molecule has 0 aliphatic rings. The first-order valence-electron chi connectivity index (χ1n) is 8.98. The number of nitrogens with zero attached hydrogens (tertiary/aromatic N) is 1. The number of carbonyl (C=O) groups is 1. The Hall–Kier alpha value is -3.71. The van der Waals surface area contributed by atoms with Crippen LogP contribution in [0.3, 0.4) is 0 Å². The number of fused-ring (bicyclic) bond motifs is 1. The molecule has 0 fully saturated rings. The number of hydrogen-bond acceptors (Lipinski definition) is 4. The van der Waals surface area contributed by atoms with Crippen molar-refractivity contribution in [2.24, 2.45) is 0 Å². The lowest BCUT2D eigenvalue weighted by Crippen LogP contribution is -2.43. The molecule has 7 heteroatoms. The van der Waals surface area contributed by atoms with E-state index in [0.717, 1.165) is 16.6 Å². The van der Waals surface area contributed by atoms with Crippen molar-refractivity contribution in [2.75, 3.05) is 5.32 Å². The Bertz CT molecular complexity index is 1170. The molecule has 0 saturated heterocycles. The van der Waals surface area contributed by atoms with Gasteiger partial charge in [0.15, 0.2) is 10.9 Å². The highest BCUT2D eigenvalue weighted by molar-refractivity contribution is 7.80. The van der Waals surface area contributed by atoms with E-state index in [9.17, 15) is 4.79 Å². The second-order valence-corrected chi connectivity index (χ2v) is 6.86. The molecular formula is C22H18N4O2S. The summed E-state index contributed by atoms with van der Waals surface area (Å²) in [6, 6.07) is 20.5. The predicted octanol–water partition coefficient (Wildman–Crippen LogP) is 4.43. The van der Waals surface area contributed by atoms with Crippen LogP contribution >= 0.6 is 12.2 Å². The van der Waals surface area contributed by atoms with Gasteiger partial charge in [0.05, 0.1) is 17.3 Å². The van der Waals surface area contributed by atoms with Crippen LogP contribution in [-0.2, 0) is 0 Å². The molecule has 0 aliphatic carbocycles. The Morgan fingerprint density at radius 3 is 2.55 bits per heavy atom. The number of nitrogens with one attached hydrogen (secondary N) is 3. The highest BCUT2D eigenvalue weighted by atomic mass is 32.1. The first kappa shape index (κ1) is 18.6. The summed E-state index contributed by atoms with van der Waals surface area (Å²) in [5.41, 5.74) is 9.12. The van der Waals surface area contributed by atoms with E-state index in [4.69, 9.17) is 16.6 Å². The molecule has 0 radical (unpaired) electrons. The Kier molecular flexibility index (Phi) is 5.22. The average Bonchev–Trinajstić information content (AvgIpc) is 3.28. The van der Waals surface area contributed by atoms with E-state index >= 15 is 0 Å². The van der Waals surface area contributed by atoms with Gasteiger partial charge in [0.2, 0.25) is 0 Å². The maximum atomic E-state index is 12.9. The Labute approximate surface area is 172 Å². The summed E-state index contributed by atoms with van der Waals surface area (Å²) < 4.78 is 5.44. The lowest BCUT2D eigenvalue weighted by Gasteiger charge is -2.13. The molecule has 0 unspecified atom stereocenters. The molecular weight excluding hydrogens is 384 g/mol. The standard InChI is InChI=1S/C22H18N4O2S/c1-14-8-10-15(11-9-14)23-22(29)26-25-21(27)17-13-19(20-7-4-12-28-20)24-18-6-3-2-5-16(17)18/h2-13H,1H3,(H,25,27)(H2,23,26,29). The number of anilines is 1. The number of amides is 1. The zero-order valence-corrected chi connectivity index (χ0v) is 16.4. The molecule has 0 atom stereocenters. The number of furan rings is 1. The van der Waals surface area contributed by atoms with Gasteiger partial charge in [-0.05, 0) is 55.5 Å². The third-order valence-electron chi connectivity index (χ3n) is 4.33. The largest absolute Gasteiger partial charge is 0.463 e. The van der Waals surface area contributed by atoms with Crippen LogP contribution in [-0.4, -0.2) is 16.0 Å². The predicted molar refractivity (Wildman–Crippen MR) is 117 cm³/mol. The lowest BCUT2D eigenvalue weighted by molar-refractivity contribution is 0.0946. The molecule has 29 heavy (non-hydrogen) atoms. The molecule has 0 saturated carbocycles. The maximum absolute atomic E-state index is 12.9. The maximum Gasteiger partial charge on any atom is 0.270 e. The summed E-state index contributed by atoms with van der Waals surface area (Å²) in [6.07, 6.45) is 1.57. The smallest absolute Gasteiger partial charge is 0.270 e. The molecule has 2 heterocycles. The van der Waals surface area contributed by atoms with Crippen LogP contribution in [0.1, 0.15) is 15.9 Å². The van der Waals surface area contributed by atoms with Crippen LogP contribution in [0.2, 0.25) is 0 Å². The number of benzene rings is 2. The fraction of sp³-hybridized carbons (Fsp3) is 0.0455. The third-order valence-corrected chi connectivity index (χ3v) is 4.54. The van der Waals surface area contributed by atoms with E-state index < -0.39 is 0 Å². The van der Waals surface area contributed by atoms with Crippen molar-refractivity contribution in [1.29, 1.82) is 0 Å². The highest BCUT2D eigenvalue weighted by Crippen LogP contribution is 2.25. The van der Waals surface area contributed by atoms with Crippen LogP contribution < -0.4 is 16.2 Å². The van der Waals surface area contributed by atoms with E-state index in [-0.39, 0.29) is 11.0 Å². The number of para-hydroxylation sites is 1. The summed E-state index contributed by atoms with van der Waals surface area (Å²) in [5, 5.41) is 4.04. The number of carbonyl (C=O) groups excluding carboxylic acids is 1. The Morgan fingerprint density at radius 2 is 1.79 bits per heavy atom.